The molecule has 1 fully saturated rings. The third kappa shape index (κ3) is 3.95. The van der Waals surface area contributed by atoms with Gasteiger partial charge in [0.15, 0.2) is 5.78 Å². The molecule has 1 saturated heterocycles. The summed E-state index contributed by atoms with van der Waals surface area (Å²) < 4.78 is 5.23. The lowest BCUT2D eigenvalue weighted by Crippen LogP contribution is -2.32. The van der Waals surface area contributed by atoms with Gasteiger partial charge < -0.3 is 4.74 Å². The third-order valence-electron chi connectivity index (χ3n) is 4.09. The van der Waals surface area contributed by atoms with Crippen molar-refractivity contribution in [1.29, 1.82) is 0 Å². The van der Waals surface area contributed by atoms with Crippen LogP contribution in [0.2, 0.25) is 0 Å². The molecule has 0 radical (unpaired) electrons. The minimum atomic E-state index is 0.0610. The van der Waals surface area contributed by atoms with Gasteiger partial charge in [-0.1, -0.05) is 36.4 Å². The van der Waals surface area contributed by atoms with Crippen LogP contribution in [0.3, 0.4) is 0 Å². The molecule has 1 aliphatic heterocycles. The van der Waals surface area contributed by atoms with Crippen molar-refractivity contribution in [2.75, 3.05) is 31.7 Å². The molecule has 0 unspecified atom stereocenters. The Morgan fingerprint density at radius 1 is 1.13 bits per heavy atom. The van der Waals surface area contributed by atoms with E-state index in [0.29, 0.717) is 11.3 Å². The molecule has 23 heavy (non-hydrogen) atoms. The molecule has 1 heterocycles. The number of hydrogen-bond donors (Lipinski definition) is 0. The van der Waals surface area contributed by atoms with E-state index in [1.54, 1.807) is 13.2 Å². The molecule has 2 aromatic rings. The van der Waals surface area contributed by atoms with Gasteiger partial charge in [-0.2, -0.15) is 11.8 Å². The Kier molecular flexibility index (Phi) is 5.36. The molecule has 0 bridgehead atoms. The fraction of sp³-hybridized carbons (Fsp3) is 0.316. The summed E-state index contributed by atoms with van der Waals surface area (Å²) in [6.45, 7) is 3.02. The van der Waals surface area contributed by atoms with Crippen LogP contribution in [-0.4, -0.2) is 42.4 Å². The number of ketones is 1. The molecule has 3 rings (SSSR count). The quantitative estimate of drug-likeness (QED) is 0.787. The summed E-state index contributed by atoms with van der Waals surface area (Å²) in [7, 11) is 1.62. The van der Waals surface area contributed by atoms with E-state index < -0.39 is 0 Å². The number of methoxy groups -OCH3 is 1. The van der Waals surface area contributed by atoms with Crippen molar-refractivity contribution < 1.29 is 9.53 Å². The highest BCUT2D eigenvalue weighted by atomic mass is 32.2. The summed E-state index contributed by atoms with van der Waals surface area (Å²) in [5, 5.41) is 0. The summed E-state index contributed by atoms with van der Waals surface area (Å²) in [4.78, 5) is 15.3. The zero-order valence-corrected chi connectivity index (χ0v) is 14.1. The maximum absolute atomic E-state index is 12.9. The third-order valence-corrected chi connectivity index (χ3v) is 5.03. The Hall–Kier alpha value is -1.78. The van der Waals surface area contributed by atoms with Gasteiger partial charge in [-0.05, 0) is 17.7 Å². The molecule has 2 aromatic carbocycles. The van der Waals surface area contributed by atoms with Crippen LogP contribution < -0.4 is 4.74 Å². The van der Waals surface area contributed by atoms with E-state index in [-0.39, 0.29) is 5.78 Å². The van der Waals surface area contributed by atoms with E-state index >= 15 is 0 Å². The lowest BCUT2D eigenvalue weighted by atomic mass is 9.98. The topological polar surface area (TPSA) is 29.5 Å². The van der Waals surface area contributed by atoms with Crippen LogP contribution in [-0.2, 0) is 6.54 Å². The fourth-order valence-electron chi connectivity index (χ4n) is 2.80. The van der Waals surface area contributed by atoms with Crippen molar-refractivity contribution in [2.45, 2.75) is 6.54 Å². The number of benzene rings is 2. The van der Waals surface area contributed by atoms with Gasteiger partial charge >= 0.3 is 0 Å². The molecule has 1 aliphatic rings. The van der Waals surface area contributed by atoms with Gasteiger partial charge in [0.05, 0.1) is 7.11 Å². The van der Waals surface area contributed by atoms with Crippen LogP contribution in [0.4, 0.5) is 0 Å². The Morgan fingerprint density at radius 2 is 1.91 bits per heavy atom. The Morgan fingerprint density at radius 3 is 2.70 bits per heavy atom. The van der Waals surface area contributed by atoms with Crippen LogP contribution in [0.1, 0.15) is 21.5 Å². The van der Waals surface area contributed by atoms with Crippen molar-refractivity contribution >= 4 is 17.5 Å². The van der Waals surface area contributed by atoms with E-state index in [1.807, 2.05) is 48.2 Å². The van der Waals surface area contributed by atoms with Crippen LogP contribution in [0.5, 0.6) is 5.75 Å². The Balaban J connectivity index is 1.85. The van der Waals surface area contributed by atoms with Crippen LogP contribution in [0, 0.1) is 0 Å². The summed E-state index contributed by atoms with van der Waals surface area (Å²) in [5.41, 5.74) is 2.57. The number of carbonyl (C=O) groups is 1. The lowest BCUT2D eigenvalue weighted by molar-refractivity contribution is 0.103. The van der Waals surface area contributed by atoms with Crippen LogP contribution in [0.15, 0.2) is 48.5 Å². The fourth-order valence-corrected chi connectivity index (χ4v) is 3.78. The number of thioether (sulfide) groups is 1. The molecule has 0 saturated carbocycles. The number of nitrogens with zero attached hydrogens (tertiary/aromatic N) is 1. The normalized spacial score (nSPS) is 15.3. The van der Waals surface area contributed by atoms with Crippen molar-refractivity contribution in [3.63, 3.8) is 0 Å². The zero-order valence-electron chi connectivity index (χ0n) is 13.3. The lowest BCUT2D eigenvalue weighted by Gasteiger charge is -2.26. The number of ether oxygens (including phenoxy) is 1. The van der Waals surface area contributed by atoms with Gasteiger partial charge in [0, 0.05) is 42.3 Å². The smallest absolute Gasteiger partial charge is 0.193 e. The summed E-state index contributed by atoms with van der Waals surface area (Å²) in [5.74, 6) is 3.12. The van der Waals surface area contributed by atoms with E-state index in [2.05, 4.69) is 11.0 Å². The average molecular weight is 327 g/mol. The molecule has 4 heteroatoms. The van der Waals surface area contributed by atoms with Gasteiger partial charge in [0.25, 0.3) is 0 Å². The van der Waals surface area contributed by atoms with Gasteiger partial charge in [0.1, 0.15) is 5.75 Å². The summed E-state index contributed by atoms with van der Waals surface area (Å²) in [6.07, 6.45) is 0. The highest BCUT2D eigenvalue weighted by Crippen LogP contribution is 2.21. The number of carbonyl (C=O) groups excluding carboxylic acids is 1. The first-order valence-corrected chi connectivity index (χ1v) is 9.00. The van der Waals surface area contributed by atoms with Gasteiger partial charge in [-0.3, -0.25) is 9.69 Å². The van der Waals surface area contributed by atoms with E-state index in [1.165, 1.54) is 11.5 Å². The molecule has 3 nitrogen and oxygen atoms in total. The average Bonchev–Trinajstić information content (AvgIpc) is 2.62. The maximum atomic E-state index is 12.9. The first-order valence-electron chi connectivity index (χ1n) is 7.84. The highest BCUT2D eigenvalue weighted by Gasteiger charge is 2.17. The van der Waals surface area contributed by atoms with E-state index in [9.17, 15) is 4.79 Å². The standard InChI is InChI=1S/C19H21NO2S/c1-22-17-7-4-6-15(13-17)19(21)18-8-3-2-5-16(18)14-20-9-11-23-12-10-20/h2-8,13H,9-12,14H2,1H3. The predicted octanol–water partition coefficient (Wildman–Crippen LogP) is 3.48. The van der Waals surface area contributed by atoms with Crippen molar-refractivity contribution in [3.8, 4) is 5.75 Å². The summed E-state index contributed by atoms with van der Waals surface area (Å²) >= 11 is 2.00. The minimum absolute atomic E-state index is 0.0610. The van der Waals surface area contributed by atoms with Crippen molar-refractivity contribution in [3.05, 3.63) is 65.2 Å². The molecule has 0 aromatic heterocycles. The second kappa shape index (κ2) is 7.66. The second-order valence-corrected chi connectivity index (χ2v) is 6.83. The monoisotopic (exact) mass is 327 g/mol. The minimum Gasteiger partial charge on any atom is -0.497 e. The first kappa shape index (κ1) is 16.1. The molecule has 0 spiro atoms. The molecule has 120 valence electrons. The largest absolute Gasteiger partial charge is 0.497 e. The number of rotatable bonds is 5. The SMILES string of the molecule is COc1cccc(C(=O)c2ccccc2CN2CCSCC2)c1. The van der Waals surface area contributed by atoms with Gasteiger partial charge in [-0.25, -0.2) is 0 Å². The molecular weight excluding hydrogens is 306 g/mol. The maximum Gasteiger partial charge on any atom is 0.193 e. The van der Waals surface area contributed by atoms with Crippen LogP contribution in [0.25, 0.3) is 0 Å². The highest BCUT2D eigenvalue weighted by molar-refractivity contribution is 7.99. The molecular formula is C19H21NO2S. The predicted molar refractivity (Wildman–Crippen MR) is 95.5 cm³/mol. The molecule has 0 amide bonds. The molecule has 0 N–H and O–H groups in total. The van der Waals surface area contributed by atoms with E-state index in [0.717, 1.165) is 30.8 Å². The Labute approximate surface area is 141 Å². The van der Waals surface area contributed by atoms with Crippen molar-refractivity contribution in [1.82, 2.24) is 4.90 Å². The molecule has 0 aliphatic carbocycles. The van der Waals surface area contributed by atoms with Gasteiger partial charge in [0.2, 0.25) is 0 Å². The first-order chi connectivity index (χ1) is 11.3. The molecule has 0 atom stereocenters. The van der Waals surface area contributed by atoms with Crippen molar-refractivity contribution in [2.24, 2.45) is 0 Å². The van der Waals surface area contributed by atoms with Gasteiger partial charge in [-0.15, -0.1) is 0 Å². The number of hydrogen-bond acceptors (Lipinski definition) is 4. The summed E-state index contributed by atoms with van der Waals surface area (Å²) in [6, 6.07) is 15.3. The Bertz CT molecular complexity index is 681. The second-order valence-electron chi connectivity index (χ2n) is 5.61. The zero-order chi connectivity index (χ0) is 16.1. The van der Waals surface area contributed by atoms with Crippen LogP contribution >= 0.6 is 11.8 Å². The van der Waals surface area contributed by atoms with E-state index in [4.69, 9.17) is 4.74 Å².